The first-order valence-corrected chi connectivity index (χ1v) is 7.99. The van der Waals surface area contributed by atoms with Crippen LogP contribution in [0.3, 0.4) is 0 Å². The standard InChI is InChI=1S/C18H18O2S/c1-2-11-20-15-9-7-13(8-10-15)18(19)17-12-14-5-3-4-6-16(14)21-17/h3-10,12,18-19H,2,11H2,1H3. The summed E-state index contributed by atoms with van der Waals surface area (Å²) in [7, 11) is 0. The Bertz CT molecular complexity index is 682. The molecule has 3 rings (SSSR count). The Balaban J connectivity index is 1.82. The highest BCUT2D eigenvalue weighted by Gasteiger charge is 2.13. The summed E-state index contributed by atoms with van der Waals surface area (Å²) in [6, 6.07) is 18.0. The highest BCUT2D eigenvalue weighted by Crippen LogP contribution is 2.33. The van der Waals surface area contributed by atoms with Crippen molar-refractivity contribution >= 4 is 21.4 Å². The number of aliphatic hydroxyl groups excluding tert-OH is 1. The van der Waals surface area contributed by atoms with Gasteiger partial charge >= 0.3 is 0 Å². The Labute approximate surface area is 128 Å². The van der Waals surface area contributed by atoms with Gasteiger partial charge in [0.15, 0.2) is 0 Å². The summed E-state index contributed by atoms with van der Waals surface area (Å²) in [6.07, 6.45) is 0.411. The van der Waals surface area contributed by atoms with Crippen LogP contribution in [0.4, 0.5) is 0 Å². The number of benzene rings is 2. The van der Waals surface area contributed by atoms with Gasteiger partial charge in [0.25, 0.3) is 0 Å². The lowest BCUT2D eigenvalue weighted by Gasteiger charge is -2.10. The first kappa shape index (κ1) is 14.1. The van der Waals surface area contributed by atoms with Crippen molar-refractivity contribution in [2.45, 2.75) is 19.4 Å². The second kappa shape index (κ2) is 6.29. The van der Waals surface area contributed by atoms with Crippen LogP contribution in [0.2, 0.25) is 0 Å². The molecule has 1 N–H and O–H groups in total. The van der Waals surface area contributed by atoms with Gasteiger partial charge in [0, 0.05) is 9.58 Å². The summed E-state index contributed by atoms with van der Waals surface area (Å²) in [5, 5.41) is 11.7. The molecule has 1 atom stereocenters. The van der Waals surface area contributed by atoms with Crippen LogP contribution in [0.1, 0.15) is 29.9 Å². The van der Waals surface area contributed by atoms with Gasteiger partial charge in [-0.1, -0.05) is 37.3 Å². The molecule has 2 nitrogen and oxygen atoms in total. The average Bonchev–Trinajstić information content (AvgIpc) is 2.96. The first-order chi connectivity index (χ1) is 10.3. The Hall–Kier alpha value is -1.84. The highest BCUT2D eigenvalue weighted by molar-refractivity contribution is 7.19. The molecule has 3 aromatic rings. The number of hydrogen-bond acceptors (Lipinski definition) is 3. The molecule has 0 aliphatic carbocycles. The van der Waals surface area contributed by atoms with Gasteiger partial charge in [-0.3, -0.25) is 0 Å². The van der Waals surface area contributed by atoms with E-state index in [0.717, 1.165) is 29.2 Å². The third kappa shape index (κ3) is 3.09. The monoisotopic (exact) mass is 298 g/mol. The fourth-order valence-corrected chi connectivity index (χ4v) is 3.35. The molecule has 0 aliphatic heterocycles. The van der Waals surface area contributed by atoms with E-state index in [0.29, 0.717) is 0 Å². The summed E-state index contributed by atoms with van der Waals surface area (Å²) in [5.74, 6) is 0.851. The lowest BCUT2D eigenvalue weighted by molar-refractivity contribution is 0.224. The second-order valence-electron chi connectivity index (χ2n) is 5.01. The van der Waals surface area contributed by atoms with Crippen LogP contribution >= 0.6 is 11.3 Å². The van der Waals surface area contributed by atoms with Gasteiger partial charge in [0.05, 0.1) is 6.61 Å². The quantitative estimate of drug-likeness (QED) is 0.735. The maximum atomic E-state index is 10.5. The van der Waals surface area contributed by atoms with Crippen LogP contribution in [0.25, 0.3) is 10.1 Å². The molecule has 0 radical (unpaired) electrons. The Morgan fingerprint density at radius 1 is 1.10 bits per heavy atom. The van der Waals surface area contributed by atoms with E-state index in [-0.39, 0.29) is 0 Å². The van der Waals surface area contributed by atoms with Crippen molar-refractivity contribution in [3.63, 3.8) is 0 Å². The molecule has 1 heterocycles. The van der Waals surface area contributed by atoms with Crippen molar-refractivity contribution in [1.82, 2.24) is 0 Å². The van der Waals surface area contributed by atoms with Gasteiger partial charge < -0.3 is 9.84 Å². The van der Waals surface area contributed by atoms with E-state index in [9.17, 15) is 5.11 Å². The minimum Gasteiger partial charge on any atom is -0.494 e. The summed E-state index contributed by atoms with van der Waals surface area (Å²) in [4.78, 5) is 0.971. The molecule has 21 heavy (non-hydrogen) atoms. The molecule has 0 amide bonds. The predicted octanol–water partition coefficient (Wildman–Crippen LogP) is 4.77. The fraction of sp³-hybridized carbons (Fsp3) is 0.222. The van der Waals surface area contributed by atoms with E-state index in [4.69, 9.17) is 4.74 Å². The summed E-state index contributed by atoms with van der Waals surface area (Å²) in [5.41, 5.74) is 0.894. The lowest BCUT2D eigenvalue weighted by Crippen LogP contribution is -1.98. The minimum atomic E-state index is -0.581. The molecule has 2 aromatic carbocycles. The smallest absolute Gasteiger partial charge is 0.119 e. The molecule has 1 unspecified atom stereocenters. The number of rotatable bonds is 5. The van der Waals surface area contributed by atoms with Crippen LogP contribution in [0.15, 0.2) is 54.6 Å². The van der Waals surface area contributed by atoms with Crippen LogP contribution in [0.5, 0.6) is 5.75 Å². The van der Waals surface area contributed by atoms with Gasteiger partial charge in [0.1, 0.15) is 11.9 Å². The molecule has 0 bridgehead atoms. The van der Waals surface area contributed by atoms with Gasteiger partial charge in [-0.2, -0.15) is 0 Å². The molecule has 1 aromatic heterocycles. The fourth-order valence-electron chi connectivity index (χ4n) is 2.27. The average molecular weight is 298 g/mol. The number of aliphatic hydroxyl groups is 1. The molecular formula is C18H18O2S. The third-order valence-corrected chi connectivity index (χ3v) is 4.55. The SMILES string of the molecule is CCCOc1ccc(C(O)c2cc3ccccc3s2)cc1. The maximum Gasteiger partial charge on any atom is 0.119 e. The van der Waals surface area contributed by atoms with E-state index >= 15 is 0 Å². The normalized spacial score (nSPS) is 12.5. The third-order valence-electron chi connectivity index (χ3n) is 3.38. The number of hydrogen-bond donors (Lipinski definition) is 1. The van der Waals surface area contributed by atoms with Gasteiger partial charge in [-0.25, -0.2) is 0 Å². The van der Waals surface area contributed by atoms with Crippen molar-refractivity contribution in [2.75, 3.05) is 6.61 Å². The van der Waals surface area contributed by atoms with Crippen molar-refractivity contribution in [3.05, 3.63) is 65.0 Å². The highest BCUT2D eigenvalue weighted by atomic mass is 32.1. The summed E-state index contributed by atoms with van der Waals surface area (Å²) < 4.78 is 6.77. The molecule has 0 saturated carbocycles. The number of thiophene rings is 1. The van der Waals surface area contributed by atoms with Crippen molar-refractivity contribution < 1.29 is 9.84 Å². The number of ether oxygens (including phenoxy) is 1. The van der Waals surface area contributed by atoms with E-state index in [2.05, 4.69) is 25.1 Å². The predicted molar refractivity (Wildman–Crippen MR) is 88.1 cm³/mol. The van der Waals surface area contributed by atoms with Crippen LogP contribution in [-0.4, -0.2) is 11.7 Å². The zero-order valence-electron chi connectivity index (χ0n) is 12.0. The van der Waals surface area contributed by atoms with E-state index in [1.54, 1.807) is 11.3 Å². The van der Waals surface area contributed by atoms with Crippen LogP contribution in [0, 0.1) is 0 Å². The summed E-state index contributed by atoms with van der Waals surface area (Å²) in [6.45, 7) is 2.80. The topological polar surface area (TPSA) is 29.5 Å². The minimum absolute atomic E-state index is 0.581. The van der Waals surface area contributed by atoms with Crippen LogP contribution in [-0.2, 0) is 0 Å². The van der Waals surface area contributed by atoms with E-state index in [1.165, 1.54) is 10.1 Å². The molecule has 0 aliphatic rings. The molecule has 0 spiro atoms. The van der Waals surface area contributed by atoms with Crippen molar-refractivity contribution in [2.24, 2.45) is 0 Å². The van der Waals surface area contributed by atoms with E-state index < -0.39 is 6.10 Å². The first-order valence-electron chi connectivity index (χ1n) is 7.17. The molecule has 108 valence electrons. The largest absolute Gasteiger partial charge is 0.494 e. The molecule has 0 saturated heterocycles. The van der Waals surface area contributed by atoms with Crippen molar-refractivity contribution in [1.29, 1.82) is 0 Å². The number of fused-ring (bicyclic) bond motifs is 1. The molecule has 3 heteroatoms. The van der Waals surface area contributed by atoms with Crippen LogP contribution < -0.4 is 4.74 Å². The molecule has 0 fully saturated rings. The van der Waals surface area contributed by atoms with Gasteiger partial charge in [0.2, 0.25) is 0 Å². The second-order valence-corrected chi connectivity index (χ2v) is 6.12. The Morgan fingerprint density at radius 3 is 2.57 bits per heavy atom. The van der Waals surface area contributed by atoms with Gasteiger partial charge in [-0.05, 0) is 41.6 Å². The zero-order chi connectivity index (χ0) is 14.7. The molecular weight excluding hydrogens is 280 g/mol. The Morgan fingerprint density at radius 2 is 1.86 bits per heavy atom. The summed E-state index contributed by atoms with van der Waals surface area (Å²) >= 11 is 1.64. The lowest BCUT2D eigenvalue weighted by atomic mass is 10.1. The van der Waals surface area contributed by atoms with Gasteiger partial charge in [-0.15, -0.1) is 11.3 Å². The van der Waals surface area contributed by atoms with Crippen molar-refractivity contribution in [3.8, 4) is 5.75 Å². The maximum absolute atomic E-state index is 10.5. The zero-order valence-corrected chi connectivity index (χ0v) is 12.8. The van der Waals surface area contributed by atoms with E-state index in [1.807, 2.05) is 36.4 Å². The Kier molecular flexibility index (Phi) is 4.23.